The van der Waals surface area contributed by atoms with E-state index in [1.165, 1.54) is 0 Å². The second kappa shape index (κ2) is 5.57. The second-order valence-electron chi connectivity index (χ2n) is 4.79. The number of amides is 1. The van der Waals surface area contributed by atoms with Gasteiger partial charge in [0.15, 0.2) is 0 Å². The Morgan fingerprint density at radius 1 is 1.39 bits per heavy atom. The van der Waals surface area contributed by atoms with Crippen LogP contribution in [0.4, 0.5) is 0 Å². The van der Waals surface area contributed by atoms with Crippen molar-refractivity contribution in [2.75, 3.05) is 0 Å². The first kappa shape index (κ1) is 13.2. The van der Waals surface area contributed by atoms with Crippen molar-refractivity contribution >= 4 is 21.8 Å². The lowest BCUT2D eigenvalue weighted by Crippen LogP contribution is -2.47. The smallest absolute Gasteiger partial charge is 0.268 e. The fraction of sp³-hybridized carbons (Fsp3) is 0.538. The molecule has 96 valence electrons. The molecule has 0 bridgehead atoms. The summed E-state index contributed by atoms with van der Waals surface area (Å²) < 4.78 is 0.833. The number of nitrogens with zero attached hydrogens (tertiary/aromatic N) is 1. The van der Waals surface area contributed by atoms with Crippen LogP contribution in [-0.2, 0) is 0 Å². The second-order valence-corrected chi connectivity index (χ2v) is 5.71. The lowest BCUT2D eigenvalue weighted by Gasteiger charge is -2.25. The maximum Gasteiger partial charge on any atom is 0.268 e. The molecule has 1 amide bonds. The molecule has 2 rings (SSSR count). The van der Waals surface area contributed by atoms with Gasteiger partial charge in [-0.05, 0) is 34.8 Å². The summed E-state index contributed by atoms with van der Waals surface area (Å²) in [6.07, 6.45) is 7.50. The molecule has 0 atom stereocenters. The van der Waals surface area contributed by atoms with Gasteiger partial charge < -0.3 is 10.3 Å². The predicted molar refractivity (Wildman–Crippen MR) is 72.0 cm³/mol. The van der Waals surface area contributed by atoms with Crippen LogP contribution in [0.15, 0.2) is 16.7 Å². The molecule has 4 nitrogen and oxygen atoms in total. The van der Waals surface area contributed by atoms with E-state index in [0.29, 0.717) is 5.69 Å². The van der Waals surface area contributed by atoms with Gasteiger partial charge in [0.05, 0.1) is 6.07 Å². The highest BCUT2D eigenvalue weighted by atomic mass is 79.9. The molecule has 0 saturated heterocycles. The first-order valence-corrected chi connectivity index (χ1v) is 7.02. The molecule has 1 fully saturated rings. The first-order chi connectivity index (χ1) is 8.65. The van der Waals surface area contributed by atoms with Crippen LogP contribution in [-0.4, -0.2) is 16.4 Å². The highest BCUT2D eigenvalue weighted by Crippen LogP contribution is 2.27. The summed E-state index contributed by atoms with van der Waals surface area (Å²) in [5.74, 6) is -0.204. The van der Waals surface area contributed by atoms with Crippen LogP contribution >= 0.6 is 15.9 Å². The van der Waals surface area contributed by atoms with Crippen LogP contribution in [0.2, 0.25) is 0 Å². The highest BCUT2D eigenvalue weighted by molar-refractivity contribution is 9.10. The summed E-state index contributed by atoms with van der Waals surface area (Å²) >= 11 is 3.29. The van der Waals surface area contributed by atoms with E-state index in [1.54, 1.807) is 12.3 Å². The van der Waals surface area contributed by atoms with E-state index < -0.39 is 5.54 Å². The summed E-state index contributed by atoms with van der Waals surface area (Å²) in [4.78, 5) is 15.0. The zero-order valence-corrected chi connectivity index (χ0v) is 11.7. The van der Waals surface area contributed by atoms with Gasteiger partial charge in [-0.15, -0.1) is 0 Å². The van der Waals surface area contributed by atoms with E-state index in [9.17, 15) is 10.1 Å². The summed E-state index contributed by atoms with van der Waals surface area (Å²) in [7, 11) is 0. The standard InChI is InChI=1S/C13H16BrN3O/c14-10-7-11(16-8-10)12(18)17-13(9-15)5-3-1-2-4-6-13/h7-8,16H,1-6H2,(H,17,18). The molecule has 18 heavy (non-hydrogen) atoms. The summed E-state index contributed by atoms with van der Waals surface area (Å²) in [5, 5.41) is 12.3. The van der Waals surface area contributed by atoms with Crippen LogP contribution in [0.25, 0.3) is 0 Å². The quantitative estimate of drug-likeness (QED) is 0.824. The van der Waals surface area contributed by atoms with Gasteiger partial charge in [-0.1, -0.05) is 25.7 Å². The van der Waals surface area contributed by atoms with Crippen LogP contribution < -0.4 is 5.32 Å². The molecule has 1 saturated carbocycles. The number of aromatic nitrogens is 1. The molecule has 2 N–H and O–H groups in total. The molecule has 5 heteroatoms. The molecule has 1 aromatic rings. The number of carbonyl (C=O) groups is 1. The summed E-state index contributed by atoms with van der Waals surface area (Å²) in [6, 6.07) is 4.03. The molecular weight excluding hydrogens is 294 g/mol. The highest BCUT2D eigenvalue weighted by Gasteiger charge is 2.33. The Hall–Kier alpha value is -1.28. The number of aromatic amines is 1. The fourth-order valence-corrected chi connectivity index (χ4v) is 2.72. The maximum absolute atomic E-state index is 12.1. The third kappa shape index (κ3) is 2.94. The van der Waals surface area contributed by atoms with Crippen LogP contribution in [0.5, 0.6) is 0 Å². The number of hydrogen-bond acceptors (Lipinski definition) is 2. The maximum atomic E-state index is 12.1. The zero-order chi connectivity index (χ0) is 13.0. The fourth-order valence-electron chi connectivity index (χ4n) is 2.38. The number of halogens is 1. The number of nitrogens with one attached hydrogen (secondary N) is 2. The summed E-state index contributed by atoms with van der Waals surface area (Å²) in [5.41, 5.74) is -0.203. The SMILES string of the molecule is N#CC1(NC(=O)c2cc(Br)c[nH]2)CCCCCC1. The predicted octanol–water partition coefficient (Wildman–Crippen LogP) is 3.12. The van der Waals surface area contributed by atoms with E-state index in [4.69, 9.17) is 0 Å². The van der Waals surface area contributed by atoms with Crippen molar-refractivity contribution in [3.05, 3.63) is 22.4 Å². The van der Waals surface area contributed by atoms with Gasteiger partial charge in [-0.3, -0.25) is 4.79 Å². The van der Waals surface area contributed by atoms with Crippen molar-refractivity contribution in [2.45, 2.75) is 44.1 Å². The monoisotopic (exact) mass is 309 g/mol. The molecule has 0 spiro atoms. The van der Waals surface area contributed by atoms with E-state index in [-0.39, 0.29) is 5.91 Å². The largest absolute Gasteiger partial charge is 0.356 e. The summed E-state index contributed by atoms with van der Waals surface area (Å²) in [6.45, 7) is 0. The molecule has 0 radical (unpaired) electrons. The van der Waals surface area contributed by atoms with Crippen LogP contribution in [0.1, 0.15) is 49.0 Å². The minimum absolute atomic E-state index is 0.204. The van der Waals surface area contributed by atoms with Crippen molar-refractivity contribution in [1.82, 2.24) is 10.3 Å². The zero-order valence-electron chi connectivity index (χ0n) is 10.1. The molecule has 0 aliphatic heterocycles. The van der Waals surface area contributed by atoms with Crippen molar-refractivity contribution in [3.63, 3.8) is 0 Å². The van der Waals surface area contributed by atoms with Gasteiger partial charge in [0, 0.05) is 10.7 Å². The van der Waals surface area contributed by atoms with Gasteiger partial charge in [0.25, 0.3) is 5.91 Å². The van der Waals surface area contributed by atoms with Crippen LogP contribution in [0.3, 0.4) is 0 Å². The average molecular weight is 310 g/mol. The van der Waals surface area contributed by atoms with E-state index >= 15 is 0 Å². The number of hydrogen-bond donors (Lipinski definition) is 2. The van der Waals surface area contributed by atoms with Crippen molar-refractivity contribution < 1.29 is 4.79 Å². The van der Waals surface area contributed by atoms with Crippen LogP contribution in [0, 0.1) is 11.3 Å². The number of H-pyrrole nitrogens is 1. The van der Waals surface area contributed by atoms with Gasteiger partial charge in [0.2, 0.25) is 0 Å². The topological polar surface area (TPSA) is 68.7 Å². The Kier molecular flexibility index (Phi) is 4.07. The third-order valence-corrected chi connectivity index (χ3v) is 3.87. The first-order valence-electron chi connectivity index (χ1n) is 6.23. The third-order valence-electron chi connectivity index (χ3n) is 3.42. The van der Waals surface area contributed by atoms with Gasteiger partial charge in [-0.2, -0.15) is 5.26 Å². The lowest BCUT2D eigenvalue weighted by atomic mass is 9.91. The number of nitriles is 1. The Labute approximate surface area is 115 Å². The Bertz CT molecular complexity index is 467. The average Bonchev–Trinajstić information content (AvgIpc) is 2.66. The Morgan fingerprint density at radius 2 is 2.06 bits per heavy atom. The Balaban J connectivity index is 2.10. The van der Waals surface area contributed by atoms with Gasteiger partial charge >= 0.3 is 0 Å². The van der Waals surface area contributed by atoms with Crippen molar-refractivity contribution in [3.8, 4) is 6.07 Å². The van der Waals surface area contributed by atoms with Gasteiger partial charge in [-0.25, -0.2) is 0 Å². The Morgan fingerprint density at radius 3 is 2.56 bits per heavy atom. The minimum atomic E-state index is -0.689. The van der Waals surface area contributed by atoms with E-state index in [1.807, 2.05) is 0 Å². The number of rotatable bonds is 2. The van der Waals surface area contributed by atoms with E-state index in [0.717, 1.165) is 43.0 Å². The van der Waals surface area contributed by atoms with E-state index in [2.05, 4.69) is 32.3 Å². The molecule has 1 heterocycles. The van der Waals surface area contributed by atoms with Gasteiger partial charge in [0.1, 0.15) is 11.2 Å². The normalized spacial score (nSPS) is 18.7. The molecule has 0 aromatic carbocycles. The number of carbonyl (C=O) groups excluding carboxylic acids is 1. The lowest BCUT2D eigenvalue weighted by molar-refractivity contribution is 0.0908. The van der Waals surface area contributed by atoms with Crippen molar-refractivity contribution in [1.29, 1.82) is 5.26 Å². The minimum Gasteiger partial charge on any atom is -0.356 e. The molecular formula is C13H16BrN3O. The molecule has 1 aliphatic carbocycles. The molecule has 0 unspecified atom stereocenters. The molecule has 1 aliphatic rings. The molecule has 1 aromatic heterocycles. The van der Waals surface area contributed by atoms with Crippen molar-refractivity contribution in [2.24, 2.45) is 0 Å².